The molecule has 0 aliphatic rings. The Hall–Kier alpha value is -6.98. The fourth-order valence-corrected chi connectivity index (χ4v) is 9.13. The second-order valence-electron chi connectivity index (χ2n) is 17.5. The molecule has 0 fully saturated rings. The van der Waals surface area contributed by atoms with Gasteiger partial charge in [0.25, 0.3) is 0 Å². The van der Waals surface area contributed by atoms with Crippen molar-refractivity contribution in [2.75, 3.05) is 0 Å². The number of rotatable bonds is 11. The van der Waals surface area contributed by atoms with E-state index in [1.807, 2.05) is 24.5 Å². The number of aromatic nitrogens is 4. The molecule has 0 atom stereocenters. The molecule has 4 aromatic heterocycles. The fraction of sp³-hybridized carbons (Fsp3) is 0.193. The van der Waals surface area contributed by atoms with Gasteiger partial charge in [0.05, 0.1) is 33.1 Å². The minimum absolute atomic E-state index is 0.0124. The van der Waals surface area contributed by atoms with E-state index in [-0.39, 0.29) is 11.0 Å². The molecule has 0 N–H and O–H groups in total. The van der Waals surface area contributed by atoms with Gasteiger partial charge in [-0.05, 0) is 133 Å². The van der Waals surface area contributed by atoms with Gasteiger partial charge in [0.1, 0.15) is 11.4 Å². The number of ether oxygens (including phenoxy) is 1. The first kappa shape index (κ1) is 39.2. The van der Waals surface area contributed by atoms with Crippen molar-refractivity contribution < 1.29 is 4.74 Å². The molecule has 5 heteroatoms. The number of nitrogens with zero attached hydrogens (tertiary/aromatic N) is 4. The van der Waals surface area contributed by atoms with Crippen LogP contribution < -0.4 is 4.74 Å². The van der Waals surface area contributed by atoms with E-state index in [9.17, 15) is 0 Å². The SMILES string of the molecule is CCC(C)(C)Oc1c(-c2ccccc2)cc(C(C)(CC)CC)cc1-c1ccc(-c2cc(-n3c4ccccc4c4ncccc43)cc(-n3c4ccccc4c4ncccc43)c2)cc1. The first-order valence-corrected chi connectivity index (χ1v) is 22.1. The van der Waals surface area contributed by atoms with Crippen LogP contribution in [0, 0.1) is 0 Å². The summed E-state index contributed by atoms with van der Waals surface area (Å²) >= 11 is 0. The summed E-state index contributed by atoms with van der Waals surface area (Å²) < 4.78 is 11.8. The van der Waals surface area contributed by atoms with Crippen molar-refractivity contribution in [2.24, 2.45) is 0 Å². The van der Waals surface area contributed by atoms with Crippen molar-refractivity contribution >= 4 is 43.9 Å². The Bertz CT molecular complexity index is 3020. The van der Waals surface area contributed by atoms with Gasteiger partial charge in [-0.25, -0.2) is 0 Å². The standard InChI is InChI=1S/C57H52N4O/c1-7-56(4,5)62-55-47(39-19-11-10-12-20-39)35-42(57(6,8-2)9-3)36-48(55)40-29-27-38(28-30-40)41-33-43(60-49-23-15-13-21-45(49)53-51(60)25-17-31-58-53)37-44(34-41)61-50-24-16-14-22-46(50)54-52(61)26-18-32-59-54/h10-37H,7-9H2,1-6H3. The highest BCUT2D eigenvalue weighted by atomic mass is 16.5. The summed E-state index contributed by atoms with van der Waals surface area (Å²) in [5, 5.41) is 2.26. The minimum Gasteiger partial charge on any atom is -0.487 e. The van der Waals surface area contributed by atoms with Crippen LogP contribution >= 0.6 is 0 Å². The Kier molecular flexibility index (Phi) is 9.79. The van der Waals surface area contributed by atoms with Crippen molar-refractivity contribution in [3.05, 3.63) is 176 Å². The van der Waals surface area contributed by atoms with Crippen LogP contribution in [-0.2, 0) is 5.41 Å². The van der Waals surface area contributed by atoms with Crippen molar-refractivity contribution in [1.82, 2.24) is 19.1 Å². The highest BCUT2D eigenvalue weighted by Gasteiger charge is 2.29. The maximum atomic E-state index is 7.11. The second-order valence-corrected chi connectivity index (χ2v) is 17.5. The van der Waals surface area contributed by atoms with Gasteiger partial charge in [-0.2, -0.15) is 0 Å². The average Bonchev–Trinajstić information content (AvgIpc) is 3.84. The van der Waals surface area contributed by atoms with E-state index in [0.717, 1.165) is 114 Å². The summed E-state index contributed by atoms with van der Waals surface area (Å²) in [6.45, 7) is 13.6. The molecule has 306 valence electrons. The molecule has 5 nitrogen and oxygen atoms in total. The highest BCUT2D eigenvalue weighted by molar-refractivity contribution is 6.08. The number of para-hydroxylation sites is 2. The number of benzene rings is 6. The molecule has 0 bridgehead atoms. The molecular formula is C57H52N4O. The maximum Gasteiger partial charge on any atom is 0.135 e. The van der Waals surface area contributed by atoms with E-state index >= 15 is 0 Å². The molecule has 62 heavy (non-hydrogen) atoms. The van der Waals surface area contributed by atoms with Gasteiger partial charge in [-0.3, -0.25) is 9.97 Å². The molecule has 10 aromatic rings. The molecule has 6 aromatic carbocycles. The predicted molar refractivity (Wildman–Crippen MR) is 260 cm³/mol. The molecule has 0 saturated carbocycles. The number of pyridine rings is 2. The largest absolute Gasteiger partial charge is 0.487 e. The smallest absolute Gasteiger partial charge is 0.135 e. The van der Waals surface area contributed by atoms with Crippen LogP contribution in [0.2, 0.25) is 0 Å². The van der Waals surface area contributed by atoms with Gasteiger partial charge in [0, 0.05) is 45.7 Å². The lowest BCUT2D eigenvalue weighted by molar-refractivity contribution is 0.107. The van der Waals surface area contributed by atoms with Crippen LogP contribution in [0.3, 0.4) is 0 Å². The second kappa shape index (κ2) is 15.5. The lowest BCUT2D eigenvalue weighted by Gasteiger charge is -2.32. The third kappa shape index (κ3) is 6.64. The highest BCUT2D eigenvalue weighted by Crippen LogP contribution is 2.46. The van der Waals surface area contributed by atoms with E-state index in [1.54, 1.807) is 0 Å². The molecule has 0 unspecified atom stereocenters. The van der Waals surface area contributed by atoms with E-state index in [4.69, 9.17) is 14.7 Å². The van der Waals surface area contributed by atoms with Gasteiger partial charge in [-0.15, -0.1) is 0 Å². The van der Waals surface area contributed by atoms with Crippen molar-refractivity contribution in [2.45, 2.75) is 71.8 Å². The Morgan fingerprint density at radius 3 is 1.44 bits per heavy atom. The van der Waals surface area contributed by atoms with E-state index in [2.05, 4.69) is 196 Å². The Labute approximate surface area is 364 Å². The summed E-state index contributed by atoms with van der Waals surface area (Å²) in [7, 11) is 0. The molecule has 0 aliphatic carbocycles. The third-order valence-corrected chi connectivity index (χ3v) is 13.5. The van der Waals surface area contributed by atoms with Gasteiger partial charge < -0.3 is 13.9 Å². The summed E-state index contributed by atoms with van der Waals surface area (Å²) in [5.74, 6) is 0.929. The normalized spacial score (nSPS) is 12.2. The monoisotopic (exact) mass is 808 g/mol. The lowest BCUT2D eigenvalue weighted by Crippen LogP contribution is -2.28. The van der Waals surface area contributed by atoms with Crippen LogP contribution in [0.25, 0.3) is 88.6 Å². The lowest BCUT2D eigenvalue weighted by atomic mass is 9.75. The minimum atomic E-state index is -0.361. The predicted octanol–water partition coefficient (Wildman–Crippen LogP) is 15.3. The molecule has 0 spiro atoms. The summed E-state index contributed by atoms with van der Waals surface area (Å²) in [4.78, 5) is 9.75. The topological polar surface area (TPSA) is 44.9 Å². The quantitative estimate of drug-likeness (QED) is 0.131. The number of hydrogen-bond acceptors (Lipinski definition) is 3. The first-order valence-electron chi connectivity index (χ1n) is 22.1. The van der Waals surface area contributed by atoms with Crippen LogP contribution in [-0.4, -0.2) is 24.7 Å². The van der Waals surface area contributed by atoms with E-state index in [0.29, 0.717) is 0 Å². The van der Waals surface area contributed by atoms with Gasteiger partial charge in [0.15, 0.2) is 0 Å². The maximum absolute atomic E-state index is 7.11. The zero-order chi connectivity index (χ0) is 42.6. The summed E-state index contributed by atoms with van der Waals surface area (Å²) in [5.41, 5.74) is 16.2. The van der Waals surface area contributed by atoms with Crippen LogP contribution in [0.5, 0.6) is 5.75 Å². The molecule has 0 amide bonds. The zero-order valence-corrected chi connectivity index (χ0v) is 36.5. The molecule has 0 saturated heterocycles. The molecule has 10 rings (SSSR count). The summed E-state index contributed by atoms with van der Waals surface area (Å²) in [6.07, 6.45) is 6.73. The Morgan fingerprint density at radius 1 is 0.452 bits per heavy atom. The van der Waals surface area contributed by atoms with E-state index in [1.165, 1.54) is 5.56 Å². The number of fused-ring (bicyclic) bond motifs is 6. The number of hydrogen-bond donors (Lipinski definition) is 0. The van der Waals surface area contributed by atoms with Crippen molar-refractivity contribution in [3.63, 3.8) is 0 Å². The fourth-order valence-electron chi connectivity index (χ4n) is 9.13. The van der Waals surface area contributed by atoms with E-state index < -0.39 is 0 Å². The van der Waals surface area contributed by atoms with Crippen molar-refractivity contribution in [3.8, 4) is 50.5 Å². The van der Waals surface area contributed by atoms with Gasteiger partial charge >= 0.3 is 0 Å². The molecular weight excluding hydrogens is 757 g/mol. The summed E-state index contributed by atoms with van der Waals surface area (Å²) in [6, 6.07) is 57.2. The first-order chi connectivity index (χ1) is 30.2. The van der Waals surface area contributed by atoms with Crippen LogP contribution in [0.1, 0.15) is 66.4 Å². The van der Waals surface area contributed by atoms with Crippen LogP contribution in [0.4, 0.5) is 0 Å². The van der Waals surface area contributed by atoms with Crippen LogP contribution in [0.15, 0.2) is 170 Å². The van der Waals surface area contributed by atoms with Gasteiger partial charge in [-0.1, -0.05) is 119 Å². The van der Waals surface area contributed by atoms with Gasteiger partial charge in [0.2, 0.25) is 0 Å². The Morgan fingerprint density at radius 2 is 0.919 bits per heavy atom. The van der Waals surface area contributed by atoms with Crippen molar-refractivity contribution in [1.29, 1.82) is 0 Å². The third-order valence-electron chi connectivity index (χ3n) is 13.5. The zero-order valence-electron chi connectivity index (χ0n) is 36.5. The molecule has 0 aliphatic heterocycles. The molecule has 0 radical (unpaired) electrons. The molecule has 4 heterocycles. The average molecular weight is 809 g/mol. The Balaban J connectivity index is 1.20.